The van der Waals surface area contributed by atoms with Crippen LogP contribution in [0, 0.1) is 11.8 Å². The van der Waals surface area contributed by atoms with Crippen LogP contribution >= 0.6 is 0 Å². The number of halogens is 2. The molecule has 2 aliphatic rings. The summed E-state index contributed by atoms with van der Waals surface area (Å²) < 4.78 is 46.2. The summed E-state index contributed by atoms with van der Waals surface area (Å²) in [6.45, 7) is 2.76. The molecule has 2 N–H and O–H groups in total. The molecule has 1 saturated carbocycles. The van der Waals surface area contributed by atoms with Crippen LogP contribution in [0.4, 0.5) is 8.78 Å². The monoisotopic (exact) mass is 566 g/mol. The zero-order valence-electron chi connectivity index (χ0n) is 23.9. The van der Waals surface area contributed by atoms with Crippen LogP contribution in [0.1, 0.15) is 96.0 Å². The number of rotatable bonds is 17. The molecule has 1 heterocycles. The second-order valence-corrected chi connectivity index (χ2v) is 11.3. The number of hydrogen-bond donors (Lipinski definition) is 2. The third-order valence-electron chi connectivity index (χ3n) is 8.15. The highest BCUT2D eigenvalue weighted by atomic mass is 19.3. The maximum absolute atomic E-state index is 14.4. The number of allylic oxidation sites excluding steroid dienone is 2. The van der Waals surface area contributed by atoms with E-state index in [-0.39, 0.29) is 49.6 Å². The zero-order valence-corrected chi connectivity index (χ0v) is 23.9. The third kappa shape index (κ3) is 10.8. The molecule has 1 aliphatic heterocycles. The minimum atomic E-state index is -3.12. The highest BCUT2D eigenvalue weighted by Crippen LogP contribution is 2.42. The first kappa shape index (κ1) is 32.6. The van der Waals surface area contributed by atoms with Crippen molar-refractivity contribution in [1.82, 2.24) is 0 Å². The van der Waals surface area contributed by atoms with Crippen molar-refractivity contribution >= 4 is 5.97 Å². The number of aliphatic hydroxyl groups excluding tert-OH is 2. The lowest BCUT2D eigenvalue weighted by atomic mass is 9.85. The van der Waals surface area contributed by atoms with Crippen LogP contribution in [0.5, 0.6) is 0 Å². The van der Waals surface area contributed by atoms with Gasteiger partial charge >= 0.3 is 5.97 Å². The summed E-state index contributed by atoms with van der Waals surface area (Å²) in [7, 11) is 0. The van der Waals surface area contributed by atoms with Gasteiger partial charge in [-0.2, -0.15) is 0 Å². The average Bonchev–Trinajstić information content (AvgIpc) is 3.25. The van der Waals surface area contributed by atoms with Gasteiger partial charge in [-0.1, -0.05) is 55.8 Å². The highest BCUT2D eigenvalue weighted by Gasteiger charge is 2.45. The first-order chi connectivity index (χ1) is 19.3. The SMILES string of the molecule is CCCCC(F)(F)[C@H](O)CC[C@@H]1[C@@H](C/C=C/CCCC(=O)OCc2ccccc2)[C@@H](O)C[C@H]1O[C@@H]1CCCCO1. The Hall–Kier alpha value is -1.87. The molecule has 3 rings (SSSR count). The summed E-state index contributed by atoms with van der Waals surface area (Å²) in [6, 6.07) is 9.56. The molecule has 0 spiro atoms. The van der Waals surface area contributed by atoms with Crippen molar-refractivity contribution < 1.29 is 38.0 Å². The number of alkyl halides is 2. The Bertz CT molecular complexity index is 873. The van der Waals surface area contributed by atoms with Gasteiger partial charge in [0.05, 0.1) is 12.2 Å². The van der Waals surface area contributed by atoms with E-state index >= 15 is 0 Å². The van der Waals surface area contributed by atoms with Crippen molar-refractivity contribution in [3.05, 3.63) is 48.0 Å². The lowest BCUT2D eigenvalue weighted by Crippen LogP contribution is -2.36. The topological polar surface area (TPSA) is 85.2 Å². The van der Waals surface area contributed by atoms with E-state index in [2.05, 4.69) is 0 Å². The van der Waals surface area contributed by atoms with Crippen LogP contribution in [0.3, 0.4) is 0 Å². The Balaban J connectivity index is 1.48. The van der Waals surface area contributed by atoms with Crippen LogP contribution in [-0.2, 0) is 25.6 Å². The maximum Gasteiger partial charge on any atom is 0.306 e. The normalized spacial score (nSPS) is 26.3. The van der Waals surface area contributed by atoms with E-state index in [0.717, 1.165) is 24.8 Å². The van der Waals surface area contributed by atoms with Crippen LogP contribution < -0.4 is 0 Å². The molecule has 0 radical (unpaired) electrons. The molecule has 226 valence electrons. The second-order valence-electron chi connectivity index (χ2n) is 11.3. The van der Waals surface area contributed by atoms with E-state index in [9.17, 15) is 23.8 Å². The van der Waals surface area contributed by atoms with Gasteiger partial charge in [-0.3, -0.25) is 4.79 Å². The third-order valence-corrected chi connectivity index (χ3v) is 8.15. The van der Waals surface area contributed by atoms with Gasteiger partial charge in [0.1, 0.15) is 12.7 Å². The summed E-state index contributed by atoms with van der Waals surface area (Å²) >= 11 is 0. The van der Waals surface area contributed by atoms with Gasteiger partial charge in [0.2, 0.25) is 0 Å². The van der Waals surface area contributed by atoms with E-state index in [4.69, 9.17) is 14.2 Å². The smallest absolute Gasteiger partial charge is 0.306 e. The molecule has 0 bridgehead atoms. The van der Waals surface area contributed by atoms with Gasteiger partial charge in [0.25, 0.3) is 5.92 Å². The van der Waals surface area contributed by atoms with Gasteiger partial charge < -0.3 is 24.4 Å². The molecule has 0 aromatic heterocycles. The number of ether oxygens (including phenoxy) is 3. The van der Waals surface area contributed by atoms with Crippen LogP contribution in [0.15, 0.2) is 42.5 Å². The predicted molar refractivity (Wildman–Crippen MR) is 150 cm³/mol. The summed E-state index contributed by atoms with van der Waals surface area (Å²) in [4.78, 5) is 12.0. The fourth-order valence-electron chi connectivity index (χ4n) is 5.74. The Morgan fingerprint density at radius 1 is 1.18 bits per heavy atom. The largest absolute Gasteiger partial charge is 0.461 e. The Morgan fingerprint density at radius 2 is 1.98 bits per heavy atom. The number of benzene rings is 1. The molecule has 1 saturated heterocycles. The van der Waals surface area contributed by atoms with Crippen molar-refractivity contribution in [2.45, 2.75) is 128 Å². The van der Waals surface area contributed by atoms with Gasteiger partial charge in [-0.15, -0.1) is 0 Å². The van der Waals surface area contributed by atoms with Gasteiger partial charge in [-0.05, 0) is 75.2 Å². The van der Waals surface area contributed by atoms with Crippen molar-refractivity contribution in [1.29, 1.82) is 0 Å². The van der Waals surface area contributed by atoms with Gasteiger partial charge in [0, 0.05) is 25.9 Å². The van der Waals surface area contributed by atoms with Crippen LogP contribution in [0.2, 0.25) is 0 Å². The lowest BCUT2D eigenvalue weighted by molar-refractivity contribution is -0.197. The fraction of sp³-hybridized carbons (Fsp3) is 0.719. The van der Waals surface area contributed by atoms with E-state index in [0.29, 0.717) is 58.0 Å². The quantitative estimate of drug-likeness (QED) is 0.124. The minimum Gasteiger partial charge on any atom is -0.461 e. The number of aliphatic hydroxyl groups is 2. The minimum absolute atomic E-state index is 0.0369. The summed E-state index contributed by atoms with van der Waals surface area (Å²) in [5.41, 5.74) is 0.954. The molecule has 1 aromatic rings. The fourth-order valence-corrected chi connectivity index (χ4v) is 5.74. The first-order valence-electron chi connectivity index (χ1n) is 15.2. The first-order valence-corrected chi connectivity index (χ1v) is 15.2. The predicted octanol–water partition coefficient (Wildman–Crippen LogP) is 6.72. The van der Waals surface area contributed by atoms with E-state index in [1.54, 1.807) is 0 Å². The van der Waals surface area contributed by atoms with Gasteiger partial charge in [-0.25, -0.2) is 8.78 Å². The van der Waals surface area contributed by atoms with Crippen molar-refractivity contribution in [2.24, 2.45) is 11.8 Å². The van der Waals surface area contributed by atoms with Crippen molar-refractivity contribution in [3.8, 4) is 0 Å². The maximum atomic E-state index is 14.4. The average molecular weight is 567 g/mol. The molecule has 0 unspecified atom stereocenters. The van der Waals surface area contributed by atoms with E-state index < -0.39 is 18.1 Å². The van der Waals surface area contributed by atoms with E-state index in [1.807, 2.05) is 49.4 Å². The Labute approximate surface area is 238 Å². The van der Waals surface area contributed by atoms with Gasteiger partial charge in [0.15, 0.2) is 6.29 Å². The Kier molecular flexibility index (Phi) is 14.0. The number of carbonyl (C=O) groups excluding carboxylic acids is 1. The molecule has 1 aromatic carbocycles. The second kappa shape index (κ2) is 17.2. The van der Waals surface area contributed by atoms with Crippen LogP contribution in [-0.4, -0.2) is 53.3 Å². The van der Waals surface area contributed by atoms with E-state index in [1.165, 1.54) is 0 Å². The molecule has 6 atom stereocenters. The highest BCUT2D eigenvalue weighted by molar-refractivity contribution is 5.69. The standard InChI is InChI=1S/C32H48F2O6/c1-2-3-20-32(33,34)29(36)19-18-26-25(27(35)22-28(26)40-31-17-11-12-21-38-31)15-9-4-5-10-16-30(37)39-23-24-13-7-6-8-14-24/h4,6-9,13-14,25-29,31,35-36H,2-3,5,10-12,15-23H2,1H3/b9-4+/t25-,26-,27+,28-,29-,31-/m1/s1. The number of hydrogen-bond acceptors (Lipinski definition) is 6. The summed E-state index contributed by atoms with van der Waals surface area (Å²) in [5.74, 6) is -3.66. The molecule has 2 fully saturated rings. The van der Waals surface area contributed by atoms with Crippen LogP contribution in [0.25, 0.3) is 0 Å². The molecular weight excluding hydrogens is 518 g/mol. The Morgan fingerprint density at radius 3 is 2.70 bits per heavy atom. The molecule has 8 heteroatoms. The molecular formula is C32H48F2O6. The number of esters is 1. The van der Waals surface area contributed by atoms with Crippen molar-refractivity contribution in [2.75, 3.05) is 6.61 Å². The lowest BCUT2D eigenvalue weighted by Gasteiger charge is -2.31. The molecule has 6 nitrogen and oxygen atoms in total. The number of carbonyl (C=O) groups is 1. The molecule has 1 aliphatic carbocycles. The molecule has 40 heavy (non-hydrogen) atoms. The number of unbranched alkanes of at least 4 members (excludes halogenated alkanes) is 2. The summed E-state index contributed by atoms with van der Waals surface area (Å²) in [6.07, 6.45) is 7.55. The van der Waals surface area contributed by atoms with Crippen molar-refractivity contribution in [3.63, 3.8) is 0 Å². The zero-order chi connectivity index (χ0) is 28.8. The molecule has 0 amide bonds. The summed E-state index contributed by atoms with van der Waals surface area (Å²) in [5, 5.41) is 21.2.